The number of nitrogens with two attached hydrogens (primary N) is 1. The molecular formula is C16H19ClN2. The van der Waals surface area contributed by atoms with Gasteiger partial charge in [-0.15, -0.1) is 0 Å². The van der Waals surface area contributed by atoms with Crippen LogP contribution in [0.5, 0.6) is 0 Å². The second kappa shape index (κ2) is 6.20. The molecule has 0 amide bonds. The van der Waals surface area contributed by atoms with E-state index in [1.807, 2.05) is 24.3 Å². The van der Waals surface area contributed by atoms with Crippen molar-refractivity contribution >= 4 is 11.6 Å². The maximum atomic E-state index is 5.90. The largest absolute Gasteiger partial charge is 0.271 e. The number of halogens is 1. The molecule has 0 radical (unpaired) electrons. The van der Waals surface area contributed by atoms with E-state index in [1.54, 1.807) is 0 Å². The van der Waals surface area contributed by atoms with Gasteiger partial charge in [-0.05, 0) is 54.7 Å². The fourth-order valence-corrected chi connectivity index (χ4v) is 2.39. The molecule has 0 spiro atoms. The SMILES string of the molecule is Cc1cccc(C(Cc2ccc(Cl)cc2)NN)c1C. The topological polar surface area (TPSA) is 38.0 Å². The van der Waals surface area contributed by atoms with Crippen LogP contribution >= 0.6 is 11.6 Å². The van der Waals surface area contributed by atoms with Crippen LogP contribution in [0.25, 0.3) is 0 Å². The first-order valence-electron chi connectivity index (χ1n) is 6.38. The van der Waals surface area contributed by atoms with Gasteiger partial charge in [0.2, 0.25) is 0 Å². The van der Waals surface area contributed by atoms with E-state index in [0.717, 1.165) is 11.4 Å². The van der Waals surface area contributed by atoms with Gasteiger partial charge in [0.1, 0.15) is 0 Å². The molecule has 2 aromatic carbocycles. The van der Waals surface area contributed by atoms with Crippen LogP contribution in [0.3, 0.4) is 0 Å². The summed E-state index contributed by atoms with van der Waals surface area (Å²) >= 11 is 5.90. The molecule has 2 nitrogen and oxygen atoms in total. The van der Waals surface area contributed by atoms with Gasteiger partial charge in [0.25, 0.3) is 0 Å². The number of nitrogens with one attached hydrogen (secondary N) is 1. The first-order valence-corrected chi connectivity index (χ1v) is 6.76. The van der Waals surface area contributed by atoms with Gasteiger partial charge in [-0.3, -0.25) is 11.3 Å². The Hall–Kier alpha value is -1.35. The van der Waals surface area contributed by atoms with E-state index >= 15 is 0 Å². The lowest BCUT2D eigenvalue weighted by Crippen LogP contribution is -2.30. The van der Waals surface area contributed by atoms with Gasteiger partial charge in [0, 0.05) is 5.02 Å². The number of aryl methyl sites for hydroxylation is 1. The summed E-state index contributed by atoms with van der Waals surface area (Å²) in [7, 11) is 0. The lowest BCUT2D eigenvalue weighted by molar-refractivity contribution is 0.549. The lowest BCUT2D eigenvalue weighted by Gasteiger charge is -2.20. The monoisotopic (exact) mass is 274 g/mol. The maximum Gasteiger partial charge on any atom is 0.0503 e. The Labute approximate surface area is 119 Å². The molecule has 0 aromatic heterocycles. The summed E-state index contributed by atoms with van der Waals surface area (Å²) in [6, 6.07) is 14.3. The van der Waals surface area contributed by atoms with Crippen molar-refractivity contribution in [3.05, 3.63) is 69.7 Å². The van der Waals surface area contributed by atoms with Crippen molar-refractivity contribution in [3.63, 3.8) is 0 Å². The second-order valence-corrected chi connectivity index (χ2v) is 5.28. The lowest BCUT2D eigenvalue weighted by atomic mass is 9.93. The van der Waals surface area contributed by atoms with E-state index in [0.29, 0.717) is 0 Å². The molecule has 3 heteroatoms. The van der Waals surface area contributed by atoms with E-state index in [4.69, 9.17) is 17.4 Å². The van der Waals surface area contributed by atoms with Gasteiger partial charge in [-0.1, -0.05) is 41.9 Å². The molecule has 2 rings (SSSR count). The molecule has 2 aromatic rings. The van der Waals surface area contributed by atoms with E-state index < -0.39 is 0 Å². The van der Waals surface area contributed by atoms with Crippen LogP contribution in [-0.2, 0) is 6.42 Å². The zero-order valence-corrected chi connectivity index (χ0v) is 12.0. The van der Waals surface area contributed by atoms with Crippen molar-refractivity contribution in [3.8, 4) is 0 Å². The molecule has 0 bridgehead atoms. The van der Waals surface area contributed by atoms with Gasteiger partial charge in [0.15, 0.2) is 0 Å². The van der Waals surface area contributed by atoms with Crippen LogP contribution in [0.2, 0.25) is 5.02 Å². The zero-order chi connectivity index (χ0) is 13.8. The van der Waals surface area contributed by atoms with Gasteiger partial charge < -0.3 is 0 Å². The van der Waals surface area contributed by atoms with Gasteiger partial charge in [-0.2, -0.15) is 0 Å². The van der Waals surface area contributed by atoms with E-state index in [2.05, 4.69) is 37.5 Å². The first-order chi connectivity index (χ1) is 9.11. The Morgan fingerprint density at radius 2 is 1.79 bits per heavy atom. The highest BCUT2D eigenvalue weighted by atomic mass is 35.5. The average Bonchev–Trinajstić information content (AvgIpc) is 2.42. The fourth-order valence-electron chi connectivity index (χ4n) is 2.27. The molecular weight excluding hydrogens is 256 g/mol. The first kappa shape index (κ1) is 14.1. The smallest absolute Gasteiger partial charge is 0.0503 e. The van der Waals surface area contributed by atoms with Crippen LogP contribution in [0.1, 0.15) is 28.3 Å². The van der Waals surface area contributed by atoms with E-state index in [9.17, 15) is 0 Å². The summed E-state index contributed by atoms with van der Waals surface area (Å²) < 4.78 is 0. The van der Waals surface area contributed by atoms with Gasteiger partial charge in [-0.25, -0.2) is 0 Å². The van der Waals surface area contributed by atoms with Crippen LogP contribution < -0.4 is 11.3 Å². The van der Waals surface area contributed by atoms with Crippen molar-refractivity contribution < 1.29 is 0 Å². The Morgan fingerprint density at radius 3 is 2.42 bits per heavy atom. The summed E-state index contributed by atoms with van der Waals surface area (Å²) in [5.41, 5.74) is 7.96. The number of hydrogen-bond donors (Lipinski definition) is 2. The minimum Gasteiger partial charge on any atom is -0.271 e. The molecule has 0 saturated carbocycles. The van der Waals surface area contributed by atoms with Crippen LogP contribution in [0, 0.1) is 13.8 Å². The minimum absolute atomic E-state index is 0.112. The van der Waals surface area contributed by atoms with Crippen molar-refractivity contribution in [1.82, 2.24) is 5.43 Å². The molecule has 19 heavy (non-hydrogen) atoms. The Balaban J connectivity index is 2.25. The molecule has 3 N–H and O–H groups in total. The Bertz CT molecular complexity index is 549. The molecule has 0 aliphatic carbocycles. The highest BCUT2D eigenvalue weighted by Gasteiger charge is 2.13. The molecule has 0 fully saturated rings. The molecule has 0 aliphatic heterocycles. The Morgan fingerprint density at radius 1 is 1.11 bits per heavy atom. The number of benzene rings is 2. The van der Waals surface area contributed by atoms with Crippen molar-refractivity contribution in [1.29, 1.82) is 0 Å². The predicted octanol–water partition coefficient (Wildman–Crippen LogP) is 3.70. The normalized spacial score (nSPS) is 12.4. The quantitative estimate of drug-likeness (QED) is 0.659. The third-order valence-electron chi connectivity index (χ3n) is 3.58. The minimum atomic E-state index is 0.112. The van der Waals surface area contributed by atoms with Crippen LogP contribution in [-0.4, -0.2) is 0 Å². The highest BCUT2D eigenvalue weighted by Crippen LogP contribution is 2.23. The van der Waals surface area contributed by atoms with Crippen molar-refractivity contribution in [2.75, 3.05) is 0 Å². The van der Waals surface area contributed by atoms with Crippen molar-refractivity contribution in [2.45, 2.75) is 26.3 Å². The van der Waals surface area contributed by atoms with Crippen LogP contribution in [0.15, 0.2) is 42.5 Å². The fraction of sp³-hybridized carbons (Fsp3) is 0.250. The molecule has 1 atom stereocenters. The summed E-state index contributed by atoms with van der Waals surface area (Å²) in [5, 5.41) is 0.757. The summed E-state index contributed by atoms with van der Waals surface area (Å²) in [4.78, 5) is 0. The van der Waals surface area contributed by atoms with E-state index in [1.165, 1.54) is 22.3 Å². The molecule has 100 valence electrons. The van der Waals surface area contributed by atoms with Crippen molar-refractivity contribution in [2.24, 2.45) is 5.84 Å². The molecule has 0 heterocycles. The van der Waals surface area contributed by atoms with Crippen LogP contribution in [0.4, 0.5) is 0 Å². The summed E-state index contributed by atoms with van der Waals surface area (Å²) in [6.07, 6.45) is 0.845. The molecule has 0 aliphatic rings. The van der Waals surface area contributed by atoms with Gasteiger partial charge >= 0.3 is 0 Å². The third kappa shape index (κ3) is 3.35. The summed E-state index contributed by atoms with van der Waals surface area (Å²) in [6.45, 7) is 4.26. The highest BCUT2D eigenvalue weighted by molar-refractivity contribution is 6.30. The average molecular weight is 275 g/mol. The standard InChI is InChI=1S/C16H19ClN2/c1-11-4-3-5-15(12(11)2)16(19-18)10-13-6-8-14(17)9-7-13/h3-9,16,19H,10,18H2,1-2H3. The zero-order valence-electron chi connectivity index (χ0n) is 11.3. The summed E-state index contributed by atoms with van der Waals surface area (Å²) in [5.74, 6) is 5.73. The maximum absolute atomic E-state index is 5.90. The second-order valence-electron chi connectivity index (χ2n) is 4.84. The van der Waals surface area contributed by atoms with Gasteiger partial charge in [0.05, 0.1) is 6.04 Å². The van der Waals surface area contributed by atoms with E-state index in [-0.39, 0.29) is 6.04 Å². The molecule has 1 unspecified atom stereocenters. The third-order valence-corrected chi connectivity index (χ3v) is 3.83. The number of hydrogen-bond acceptors (Lipinski definition) is 2. The Kier molecular flexibility index (Phi) is 4.59. The number of hydrazine groups is 1. The molecule has 0 saturated heterocycles. The predicted molar refractivity (Wildman–Crippen MR) is 81.1 cm³/mol. The number of rotatable bonds is 4.